The Labute approximate surface area is 182 Å². The van der Waals surface area contributed by atoms with Gasteiger partial charge >= 0.3 is 0 Å². The topological polar surface area (TPSA) is 68.1 Å². The van der Waals surface area contributed by atoms with Gasteiger partial charge in [-0.3, -0.25) is 9.69 Å². The first-order chi connectivity index (χ1) is 15.1. The molecule has 1 amide bonds. The first-order valence-corrected chi connectivity index (χ1v) is 10.8. The lowest BCUT2D eigenvalue weighted by Gasteiger charge is -2.39. The zero-order valence-electron chi connectivity index (χ0n) is 17.8. The van der Waals surface area contributed by atoms with E-state index in [1.807, 2.05) is 48.5 Å². The van der Waals surface area contributed by atoms with Crippen LogP contribution in [0.2, 0.25) is 0 Å². The van der Waals surface area contributed by atoms with Gasteiger partial charge in [0, 0.05) is 38.8 Å². The summed E-state index contributed by atoms with van der Waals surface area (Å²) >= 11 is 0. The van der Waals surface area contributed by atoms with Gasteiger partial charge in [0.15, 0.2) is 0 Å². The summed E-state index contributed by atoms with van der Waals surface area (Å²) in [4.78, 5) is 19.7. The normalized spacial score (nSPS) is 24.1. The van der Waals surface area contributed by atoms with E-state index >= 15 is 0 Å². The van der Waals surface area contributed by atoms with E-state index in [0.717, 1.165) is 36.5 Å². The maximum absolute atomic E-state index is 12.7. The number of fused-ring (bicyclic) bond motifs is 1. The summed E-state index contributed by atoms with van der Waals surface area (Å²) in [6.07, 6.45) is 2.17. The number of hydrogen-bond donors (Lipinski definition) is 1. The van der Waals surface area contributed by atoms with Gasteiger partial charge in [0.05, 0.1) is 24.6 Å². The van der Waals surface area contributed by atoms with Crippen LogP contribution < -0.4 is 5.32 Å². The van der Waals surface area contributed by atoms with Gasteiger partial charge in [-0.2, -0.15) is 0 Å². The van der Waals surface area contributed by atoms with Gasteiger partial charge in [-0.05, 0) is 24.6 Å². The third-order valence-corrected chi connectivity index (χ3v) is 6.24. The summed E-state index contributed by atoms with van der Waals surface area (Å²) < 4.78 is 14.2. The molecule has 4 heterocycles. The van der Waals surface area contributed by atoms with Crippen molar-refractivity contribution in [3.63, 3.8) is 0 Å². The molecule has 2 aliphatic heterocycles. The highest BCUT2D eigenvalue weighted by molar-refractivity contribution is 5.81. The number of imidazole rings is 1. The average molecular weight is 421 g/mol. The lowest BCUT2D eigenvalue weighted by molar-refractivity contribution is -0.130. The molecule has 3 aromatic rings. The Morgan fingerprint density at radius 1 is 1.23 bits per heavy atom. The van der Waals surface area contributed by atoms with Crippen molar-refractivity contribution in [1.29, 1.82) is 0 Å². The first kappa shape index (κ1) is 20.2. The smallest absolute Gasteiger partial charge is 0.249 e. The van der Waals surface area contributed by atoms with Crippen LogP contribution in [-0.2, 0) is 27.4 Å². The van der Waals surface area contributed by atoms with Gasteiger partial charge in [0.25, 0.3) is 0 Å². The van der Waals surface area contributed by atoms with Crippen molar-refractivity contribution in [1.82, 2.24) is 19.6 Å². The number of aryl methyl sites for hydroxylation is 1. The minimum atomic E-state index is -0.471. The van der Waals surface area contributed by atoms with Crippen LogP contribution in [0.4, 0.5) is 0 Å². The minimum Gasteiger partial charge on any atom is -0.370 e. The van der Waals surface area contributed by atoms with Gasteiger partial charge in [-0.15, -0.1) is 0 Å². The molecule has 2 unspecified atom stereocenters. The first-order valence-electron chi connectivity index (χ1n) is 10.8. The molecule has 2 atom stereocenters. The zero-order chi connectivity index (χ0) is 21.3. The number of hydrogen-bond acceptors (Lipinski definition) is 5. The molecular formula is C24H28N4O3. The van der Waals surface area contributed by atoms with Gasteiger partial charge in [-0.1, -0.05) is 36.4 Å². The summed E-state index contributed by atoms with van der Waals surface area (Å²) in [5.41, 5.74) is 3.86. The monoisotopic (exact) mass is 420 g/mol. The standard InChI is InChI=1S/C24H28N4O3/c1-18-20(28-10-6-5-9-22(28)26-18)15-27-11-12-31-24(16-27)13-21(30-17-24)23(29)25-14-19-7-3-2-4-8-19/h2-10,21H,11-17H2,1H3,(H,25,29). The Morgan fingerprint density at radius 2 is 2.06 bits per heavy atom. The van der Waals surface area contributed by atoms with Crippen molar-refractivity contribution in [2.24, 2.45) is 0 Å². The van der Waals surface area contributed by atoms with E-state index in [-0.39, 0.29) is 5.91 Å². The number of carbonyl (C=O) groups is 1. The molecule has 162 valence electrons. The minimum absolute atomic E-state index is 0.0703. The Balaban J connectivity index is 1.22. The van der Waals surface area contributed by atoms with E-state index in [9.17, 15) is 4.79 Å². The molecule has 0 aliphatic carbocycles. The van der Waals surface area contributed by atoms with Crippen LogP contribution in [0, 0.1) is 6.92 Å². The van der Waals surface area contributed by atoms with E-state index in [0.29, 0.717) is 26.2 Å². The summed E-state index contributed by atoms with van der Waals surface area (Å²) in [6.45, 7) is 6.04. The van der Waals surface area contributed by atoms with Crippen LogP contribution in [0.3, 0.4) is 0 Å². The largest absolute Gasteiger partial charge is 0.370 e. The molecule has 7 nitrogen and oxygen atoms in total. The lowest BCUT2D eigenvalue weighted by Crippen LogP contribution is -2.52. The number of carbonyl (C=O) groups excluding carboxylic acids is 1. The maximum Gasteiger partial charge on any atom is 0.249 e. The van der Waals surface area contributed by atoms with Crippen molar-refractivity contribution in [3.05, 3.63) is 71.7 Å². The number of benzene rings is 1. The number of nitrogens with one attached hydrogen (secondary N) is 1. The van der Waals surface area contributed by atoms with Crippen LogP contribution in [0.1, 0.15) is 23.4 Å². The average Bonchev–Trinajstić information content (AvgIpc) is 3.34. The fourth-order valence-corrected chi connectivity index (χ4v) is 4.61. The Hall–Kier alpha value is -2.74. The Bertz CT molecular complexity index is 1070. The molecule has 31 heavy (non-hydrogen) atoms. The van der Waals surface area contributed by atoms with Crippen molar-refractivity contribution >= 4 is 11.6 Å². The van der Waals surface area contributed by atoms with Crippen molar-refractivity contribution in [2.75, 3.05) is 26.3 Å². The van der Waals surface area contributed by atoms with E-state index in [2.05, 4.69) is 32.7 Å². The zero-order valence-corrected chi connectivity index (χ0v) is 17.8. The second kappa shape index (κ2) is 8.42. The molecule has 5 rings (SSSR count). The third-order valence-electron chi connectivity index (χ3n) is 6.24. The number of ether oxygens (including phenoxy) is 2. The number of aromatic nitrogens is 2. The van der Waals surface area contributed by atoms with Gasteiger partial charge < -0.3 is 19.2 Å². The number of nitrogens with zero attached hydrogens (tertiary/aromatic N) is 3. The quantitative estimate of drug-likeness (QED) is 0.686. The summed E-state index contributed by atoms with van der Waals surface area (Å²) in [5.74, 6) is -0.0703. The Kier molecular flexibility index (Phi) is 5.48. The highest BCUT2D eigenvalue weighted by Crippen LogP contribution is 2.32. The van der Waals surface area contributed by atoms with Crippen LogP contribution in [0.25, 0.3) is 5.65 Å². The summed E-state index contributed by atoms with van der Waals surface area (Å²) in [7, 11) is 0. The maximum atomic E-state index is 12.7. The molecular weight excluding hydrogens is 392 g/mol. The van der Waals surface area contributed by atoms with Crippen LogP contribution in [-0.4, -0.2) is 58.2 Å². The van der Waals surface area contributed by atoms with Crippen molar-refractivity contribution in [2.45, 2.75) is 38.1 Å². The van der Waals surface area contributed by atoms with E-state index in [4.69, 9.17) is 9.47 Å². The second-order valence-corrected chi connectivity index (χ2v) is 8.52. The summed E-state index contributed by atoms with van der Waals surface area (Å²) in [5, 5.41) is 2.99. The van der Waals surface area contributed by atoms with Crippen LogP contribution in [0.15, 0.2) is 54.7 Å². The molecule has 0 saturated carbocycles. The van der Waals surface area contributed by atoms with E-state index in [1.165, 1.54) is 5.69 Å². The number of pyridine rings is 1. The summed E-state index contributed by atoms with van der Waals surface area (Å²) in [6, 6.07) is 16.0. The molecule has 0 bridgehead atoms. The molecule has 0 radical (unpaired) electrons. The SMILES string of the molecule is Cc1nc2ccccn2c1CN1CCOC2(COC(C(=O)NCc3ccccc3)C2)C1. The van der Waals surface area contributed by atoms with Gasteiger partial charge in [0.2, 0.25) is 5.91 Å². The molecule has 2 aliphatic rings. The highest BCUT2D eigenvalue weighted by atomic mass is 16.6. The molecule has 2 aromatic heterocycles. The van der Waals surface area contributed by atoms with Gasteiger partial charge in [-0.25, -0.2) is 4.98 Å². The molecule has 2 saturated heterocycles. The van der Waals surface area contributed by atoms with Crippen molar-refractivity contribution in [3.8, 4) is 0 Å². The number of morpholine rings is 1. The molecule has 1 N–H and O–H groups in total. The van der Waals surface area contributed by atoms with Gasteiger partial charge in [0.1, 0.15) is 17.4 Å². The predicted octanol–water partition coefficient (Wildman–Crippen LogP) is 2.32. The van der Waals surface area contributed by atoms with Crippen molar-refractivity contribution < 1.29 is 14.3 Å². The van der Waals surface area contributed by atoms with Crippen LogP contribution in [0.5, 0.6) is 0 Å². The molecule has 1 spiro atoms. The third kappa shape index (κ3) is 4.21. The number of amides is 1. The molecule has 1 aromatic carbocycles. The fraction of sp³-hybridized carbons (Fsp3) is 0.417. The van der Waals surface area contributed by atoms with E-state index < -0.39 is 11.7 Å². The molecule has 7 heteroatoms. The predicted molar refractivity (Wildman–Crippen MR) is 117 cm³/mol. The second-order valence-electron chi connectivity index (χ2n) is 8.52. The Morgan fingerprint density at radius 3 is 2.94 bits per heavy atom. The lowest BCUT2D eigenvalue weighted by atomic mass is 9.97. The fourth-order valence-electron chi connectivity index (χ4n) is 4.61. The highest BCUT2D eigenvalue weighted by Gasteiger charge is 2.46. The van der Waals surface area contributed by atoms with E-state index in [1.54, 1.807) is 0 Å². The van der Waals surface area contributed by atoms with Crippen LogP contribution >= 0.6 is 0 Å². The number of rotatable bonds is 5. The molecule has 2 fully saturated rings.